The Kier molecular flexibility index (Phi) is 4.74. The van der Waals surface area contributed by atoms with E-state index < -0.39 is 0 Å². The van der Waals surface area contributed by atoms with Crippen molar-refractivity contribution in [2.24, 2.45) is 0 Å². The highest BCUT2D eigenvalue weighted by Crippen LogP contribution is 2.24. The molecule has 0 spiro atoms. The van der Waals surface area contributed by atoms with Crippen LogP contribution < -0.4 is 10.2 Å². The van der Waals surface area contributed by atoms with Gasteiger partial charge in [0.1, 0.15) is 12.1 Å². The lowest BCUT2D eigenvalue weighted by Crippen LogP contribution is -2.25. The molecular formula is C20H20N6O. The molecule has 7 heteroatoms. The fourth-order valence-electron chi connectivity index (χ4n) is 3.15. The number of carbonyl (C=O) groups is 1. The van der Waals surface area contributed by atoms with Crippen molar-refractivity contribution in [2.75, 3.05) is 16.8 Å². The molecule has 0 unspecified atom stereocenters. The van der Waals surface area contributed by atoms with Crippen molar-refractivity contribution in [1.29, 1.82) is 0 Å². The van der Waals surface area contributed by atoms with Gasteiger partial charge in [-0.3, -0.25) is 9.69 Å². The van der Waals surface area contributed by atoms with Crippen LogP contribution in [-0.2, 0) is 4.79 Å². The third-order valence-corrected chi connectivity index (χ3v) is 4.64. The Morgan fingerprint density at radius 2 is 1.85 bits per heavy atom. The van der Waals surface area contributed by atoms with E-state index in [4.69, 9.17) is 0 Å². The molecule has 27 heavy (non-hydrogen) atoms. The van der Waals surface area contributed by atoms with Crippen molar-refractivity contribution in [1.82, 2.24) is 19.9 Å². The summed E-state index contributed by atoms with van der Waals surface area (Å²) in [6, 6.07) is 10.0. The summed E-state index contributed by atoms with van der Waals surface area (Å²) < 4.78 is 0. The highest BCUT2D eigenvalue weighted by Gasteiger charge is 2.23. The van der Waals surface area contributed by atoms with Crippen LogP contribution in [0, 0.1) is 0 Å². The molecule has 0 bridgehead atoms. The van der Waals surface area contributed by atoms with Gasteiger partial charge in [-0.25, -0.2) is 15.0 Å². The topological polar surface area (TPSA) is 83.9 Å². The molecule has 4 rings (SSSR count). The van der Waals surface area contributed by atoms with E-state index in [2.05, 4.69) is 44.3 Å². The summed E-state index contributed by atoms with van der Waals surface area (Å²) >= 11 is 0. The summed E-state index contributed by atoms with van der Waals surface area (Å²) in [4.78, 5) is 30.5. The predicted octanol–water partition coefficient (Wildman–Crippen LogP) is 3.23. The van der Waals surface area contributed by atoms with Crippen LogP contribution in [0.3, 0.4) is 0 Å². The standard InChI is InChI=1S/C20H20N6O/c1-14(15-4-6-16(7-5-15)17-11-21-13-22-12-17)24-20-23-9-8-18(25-20)26-10-2-3-19(26)27/h4-9,11-14H,2-3,10H2,1H3,(H,23,24,25)/t14-/m0/s1. The fraction of sp³-hybridized carbons (Fsp3) is 0.250. The number of aromatic nitrogens is 4. The summed E-state index contributed by atoms with van der Waals surface area (Å²) in [6.07, 6.45) is 8.25. The van der Waals surface area contributed by atoms with Crippen LogP contribution in [0.1, 0.15) is 31.4 Å². The van der Waals surface area contributed by atoms with Crippen LogP contribution in [-0.4, -0.2) is 32.4 Å². The first-order valence-corrected chi connectivity index (χ1v) is 8.96. The number of carbonyl (C=O) groups excluding carboxylic acids is 1. The number of amides is 1. The highest BCUT2D eigenvalue weighted by atomic mass is 16.2. The van der Waals surface area contributed by atoms with Crippen LogP contribution in [0.25, 0.3) is 11.1 Å². The second-order valence-electron chi connectivity index (χ2n) is 6.50. The van der Waals surface area contributed by atoms with Crippen molar-refractivity contribution in [2.45, 2.75) is 25.8 Å². The number of hydrogen-bond acceptors (Lipinski definition) is 6. The van der Waals surface area contributed by atoms with Crippen molar-refractivity contribution in [3.8, 4) is 11.1 Å². The Labute approximate surface area is 157 Å². The van der Waals surface area contributed by atoms with Gasteiger partial charge in [0, 0.05) is 37.1 Å². The van der Waals surface area contributed by atoms with Gasteiger partial charge >= 0.3 is 0 Å². The summed E-state index contributed by atoms with van der Waals surface area (Å²) in [5.74, 6) is 1.29. The minimum absolute atomic E-state index is 0.0237. The Balaban J connectivity index is 1.47. The molecule has 1 aliphatic rings. The summed E-state index contributed by atoms with van der Waals surface area (Å²) in [5.41, 5.74) is 3.16. The van der Waals surface area contributed by atoms with Crippen molar-refractivity contribution < 1.29 is 4.79 Å². The van der Waals surface area contributed by atoms with Crippen molar-refractivity contribution in [3.63, 3.8) is 0 Å². The summed E-state index contributed by atoms with van der Waals surface area (Å²) in [7, 11) is 0. The van der Waals surface area contributed by atoms with Gasteiger partial charge in [-0.1, -0.05) is 24.3 Å². The maximum absolute atomic E-state index is 11.9. The molecule has 0 saturated carbocycles. The summed E-state index contributed by atoms with van der Waals surface area (Å²) in [5, 5.41) is 3.31. The van der Waals surface area contributed by atoms with Gasteiger partial charge in [-0.05, 0) is 30.5 Å². The van der Waals surface area contributed by atoms with E-state index >= 15 is 0 Å². The van der Waals surface area contributed by atoms with E-state index in [1.54, 1.807) is 29.6 Å². The van der Waals surface area contributed by atoms with Crippen LogP contribution in [0.5, 0.6) is 0 Å². The number of hydrogen-bond donors (Lipinski definition) is 1. The largest absolute Gasteiger partial charge is 0.348 e. The quantitative estimate of drug-likeness (QED) is 0.752. The maximum Gasteiger partial charge on any atom is 0.228 e. The van der Waals surface area contributed by atoms with Gasteiger partial charge in [-0.15, -0.1) is 0 Å². The molecule has 1 amide bonds. The van der Waals surface area contributed by atoms with Crippen LogP contribution >= 0.6 is 0 Å². The lowest BCUT2D eigenvalue weighted by molar-refractivity contribution is -0.117. The van der Waals surface area contributed by atoms with E-state index in [9.17, 15) is 4.79 Å². The first-order chi connectivity index (χ1) is 13.2. The Bertz CT molecular complexity index is 929. The zero-order chi connectivity index (χ0) is 18.6. The zero-order valence-corrected chi connectivity index (χ0v) is 15.0. The van der Waals surface area contributed by atoms with Gasteiger partial charge in [0.15, 0.2) is 0 Å². The lowest BCUT2D eigenvalue weighted by Gasteiger charge is -2.18. The molecule has 136 valence electrons. The Morgan fingerprint density at radius 3 is 2.56 bits per heavy atom. The van der Waals surface area contributed by atoms with Gasteiger partial charge in [0.05, 0.1) is 6.04 Å². The molecule has 1 atom stereocenters. The molecular weight excluding hydrogens is 340 g/mol. The molecule has 2 aromatic heterocycles. The average molecular weight is 360 g/mol. The molecule has 1 saturated heterocycles. The second-order valence-corrected chi connectivity index (χ2v) is 6.50. The fourth-order valence-corrected chi connectivity index (χ4v) is 3.15. The number of anilines is 2. The van der Waals surface area contributed by atoms with E-state index in [0.717, 1.165) is 29.7 Å². The smallest absolute Gasteiger partial charge is 0.228 e. The van der Waals surface area contributed by atoms with Crippen LogP contribution in [0.4, 0.5) is 11.8 Å². The van der Waals surface area contributed by atoms with Crippen LogP contribution in [0.15, 0.2) is 55.2 Å². The number of rotatable bonds is 5. The van der Waals surface area contributed by atoms with Crippen molar-refractivity contribution in [3.05, 3.63) is 60.8 Å². The molecule has 1 aliphatic heterocycles. The monoisotopic (exact) mass is 360 g/mol. The van der Waals surface area contributed by atoms with Crippen molar-refractivity contribution >= 4 is 17.7 Å². The van der Waals surface area contributed by atoms with Gasteiger partial charge in [0.25, 0.3) is 0 Å². The lowest BCUT2D eigenvalue weighted by atomic mass is 10.0. The highest BCUT2D eigenvalue weighted by molar-refractivity contribution is 5.94. The zero-order valence-electron chi connectivity index (χ0n) is 15.0. The second kappa shape index (κ2) is 7.49. The van der Waals surface area contributed by atoms with E-state index in [0.29, 0.717) is 18.2 Å². The van der Waals surface area contributed by atoms with E-state index in [1.807, 2.05) is 12.1 Å². The maximum atomic E-state index is 11.9. The first-order valence-electron chi connectivity index (χ1n) is 8.96. The normalized spacial score (nSPS) is 15.0. The van der Waals surface area contributed by atoms with E-state index in [-0.39, 0.29) is 11.9 Å². The third-order valence-electron chi connectivity index (χ3n) is 4.64. The molecule has 1 N–H and O–H groups in total. The molecule has 1 aromatic carbocycles. The van der Waals surface area contributed by atoms with Crippen LogP contribution in [0.2, 0.25) is 0 Å². The molecule has 1 fully saturated rings. The molecule has 3 heterocycles. The Morgan fingerprint density at radius 1 is 1.07 bits per heavy atom. The minimum Gasteiger partial charge on any atom is -0.348 e. The number of nitrogens with one attached hydrogen (secondary N) is 1. The van der Waals surface area contributed by atoms with Gasteiger partial charge in [-0.2, -0.15) is 4.98 Å². The summed E-state index contributed by atoms with van der Waals surface area (Å²) in [6.45, 7) is 2.77. The van der Waals surface area contributed by atoms with Gasteiger partial charge < -0.3 is 5.32 Å². The first kappa shape index (κ1) is 17.1. The molecule has 7 nitrogen and oxygen atoms in total. The molecule has 0 aliphatic carbocycles. The van der Waals surface area contributed by atoms with Gasteiger partial charge in [0.2, 0.25) is 11.9 Å². The third kappa shape index (κ3) is 3.76. The van der Waals surface area contributed by atoms with E-state index in [1.165, 1.54) is 6.33 Å². The SMILES string of the molecule is C[C@H](Nc1nccc(N2CCCC2=O)n1)c1ccc(-c2cncnc2)cc1. The minimum atomic E-state index is 0.0237. The number of nitrogens with zero attached hydrogens (tertiary/aromatic N) is 5. The Hall–Kier alpha value is -3.35. The molecule has 0 radical (unpaired) electrons. The predicted molar refractivity (Wildman–Crippen MR) is 103 cm³/mol. The number of benzene rings is 1. The molecule has 3 aromatic rings. The average Bonchev–Trinajstić information content (AvgIpc) is 3.15.